The Hall–Kier alpha value is -1.61. The van der Waals surface area contributed by atoms with Crippen LogP contribution in [0.4, 0.5) is 0 Å². The molecule has 1 aliphatic rings. The molecule has 0 saturated carbocycles. The molecule has 0 radical (unpaired) electrons. The summed E-state index contributed by atoms with van der Waals surface area (Å²) in [6.45, 7) is 4.29. The third-order valence-electron chi connectivity index (χ3n) is 2.82. The number of carbonyl (C=O) groups excluding carboxylic acids is 1. The molecule has 1 amide bonds. The number of benzene rings is 1. The van der Waals surface area contributed by atoms with Crippen molar-refractivity contribution in [2.45, 2.75) is 6.92 Å². The topological polar surface area (TPSA) is 48.0 Å². The highest BCUT2D eigenvalue weighted by Gasteiger charge is 2.21. The van der Waals surface area contributed by atoms with Gasteiger partial charge >= 0.3 is 0 Å². The summed E-state index contributed by atoms with van der Waals surface area (Å²) in [6.07, 6.45) is 1.74. The molecule has 3 nitrogen and oxygen atoms in total. The third-order valence-corrected chi connectivity index (χ3v) is 2.82. The second-order valence-corrected chi connectivity index (χ2v) is 4.15. The summed E-state index contributed by atoms with van der Waals surface area (Å²) in [7, 11) is 0. The van der Waals surface area contributed by atoms with Gasteiger partial charge in [0.2, 0.25) is 5.91 Å². The zero-order valence-electron chi connectivity index (χ0n) is 9.57. The van der Waals surface area contributed by atoms with Gasteiger partial charge in [0.1, 0.15) is 0 Å². The van der Waals surface area contributed by atoms with E-state index in [0.29, 0.717) is 0 Å². The Bertz CT molecular complexity index is 420. The molecule has 3 N–H and O–H groups in total. The molecule has 0 saturated heterocycles. The first-order chi connectivity index (χ1) is 7.70. The van der Waals surface area contributed by atoms with Crippen LogP contribution in [0, 0.1) is 6.92 Å². The Morgan fingerprint density at radius 3 is 2.62 bits per heavy atom. The van der Waals surface area contributed by atoms with Gasteiger partial charge < -0.3 is 10.6 Å². The first-order valence-electron chi connectivity index (χ1n) is 5.56. The van der Waals surface area contributed by atoms with E-state index in [2.05, 4.69) is 36.9 Å². The molecule has 0 aliphatic carbocycles. The number of nitrogens with zero attached hydrogens (tertiary/aromatic N) is 1. The lowest BCUT2D eigenvalue weighted by Gasteiger charge is -2.13. The van der Waals surface area contributed by atoms with E-state index >= 15 is 0 Å². The van der Waals surface area contributed by atoms with Crippen LogP contribution in [0.5, 0.6) is 0 Å². The molecule has 0 aromatic heterocycles. The Labute approximate surface area is 95.6 Å². The summed E-state index contributed by atoms with van der Waals surface area (Å²) >= 11 is 0. The maximum atomic E-state index is 11.6. The molecule has 1 aromatic carbocycles. The number of hydrogen-bond acceptors (Lipinski definition) is 1. The van der Waals surface area contributed by atoms with Crippen molar-refractivity contribution in [3.05, 3.63) is 41.5 Å². The van der Waals surface area contributed by atoms with Crippen LogP contribution < -0.4 is 5.73 Å². The van der Waals surface area contributed by atoms with E-state index in [9.17, 15) is 4.79 Å². The summed E-state index contributed by atoms with van der Waals surface area (Å²) in [4.78, 5) is 13.5. The van der Waals surface area contributed by atoms with Gasteiger partial charge in [0.25, 0.3) is 0 Å². The van der Waals surface area contributed by atoms with Crippen LogP contribution in [0.15, 0.2) is 30.3 Å². The van der Waals surface area contributed by atoms with Gasteiger partial charge in [0.05, 0.1) is 13.1 Å². The van der Waals surface area contributed by atoms with Crippen molar-refractivity contribution in [1.29, 1.82) is 0 Å². The fourth-order valence-electron chi connectivity index (χ4n) is 1.89. The third kappa shape index (κ3) is 2.14. The second-order valence-electron chi connectivity index (χ2n) is 4.15. The van der Waals surface area contributed by atoms with Gasteiger partial charge in [0.15, 0.2) is 0 Å². The van der Waals surface area contributed by atoms with Crippen LogP contribution in [0.3, 0.4) is 0 Å². The molecule has 1 heterocycles. The fraction of sp³-hybridized carbons (Fsp3) is 0.308. The Balaban J connectivity index is 2.15. The number of hydrogen-bond donors (Lipinski definition) is 1. The number of quaternary nitrogens is 1. The van der Waals surface area contributed by atoms with Gasteiger partial charge in [-0.15, -0.1) is 0 Å². The average Bonchev–Trinajstić information content (AvgIpc) is 2.62. The van der Waals surface area contributed by atoms with Crippen molar-refractivity contribution in [2.24, 2.45) is 0 Å². The van der Waals surface area contributed by atoms with Crippen molar-refractivity contribution < 1.29 is 10.5 Å². The highest BCUT2D eigenvalue weighted by atomic mass is 16.2. The first-order valence-corrected chi connectivity index (χ1v) is 5.56. The zero-order chi connectivity index (χ0) is 11.5. The summed E-state index contributed by atoms with van der Waals surface area (Å²) < 4.78 is 0. The van der Waals surface area contributed by atoms with Gasteiger partial charge in [-0.3, -0.25) is 4.79 Å². The lowest BCUT2D eigenvalue weighted by molar-refractivity contribution is -0.367. The molecule has 0 unspecified atom stereocenters. The van der Waals surface area contributed by atoms with Crippen molar-refractivity contribution in [1.82, 2.24) is 4.90 Å². The van der Waals surface area contributed by atoms with Crippen LogP contribution in [0.25, 0.3) is 5.57 Å². The molecule has 1 aliphatic heterocycles. The van der Waals surface area contributed by atoms with E-state index in [1.54, 1.807) is 6.08 Å². The van der Waals surface area contributed by atoms with Crippen molar-refractivity contribution in [2.75, 3.05) is 19.6 Å². The summed E-state index contributed by atoms with van der Waals surface area (Å²) in [6, 6.07) is 8.29. The number of amides is 1. The smallest absolute Gasteiger partial charge is 0.247 e. The minimum Gasteiger partial charge on any atom is -0.356 e. The molecule has 0 fully saturated rings. The van der Waals surface area contributed by atoms with Crippen LogP contribution in [0.1, 0.15) is 11.1 Å². The fourth-order valence-corrected chi connectivity index (χ4v) is 1.89. The lowest BCUT2D eigenvalue weighted by Crippen LogP contribution is -2.55. The molecular weight excluding hydrogens is 200 g/mol. The molecule has 0 atom stereocenters. The predicted octanol–water partition coefficient (Wildman–Crippen LogP) is 0.463. The lowest BCUT2D eigenvalue weighted by atomic mass is 10.1. The Morgan fingerprint density at radius 1 is 1.31 bits per heavy atom. The van der Waals surface area contributed by atoms with Crippen molar-refractivity contribution in [3.8, 4) is 0 Å². The van der Waals surface area contributed by atoms with Gasteiger partial charge in [-0.1, -0.05) is 29.8 Å². The highest BCUT2D eigenvalue weighted by molar-refractivity contribution is 6.00. The zero-order valence-corrected chi connectivity index (χ0v) is 9.57. The maximum absolute atomic E-state index is 11.6. The minimum absolute atomic E-state index is 0.110. The SMILES string of the molecule is Cc1ccc(C2=CC(=O)N(CC[NH3+])C2)cc1. The largest absolute Gasteiger partial charge is 0.356 e. The van der Waals surface area contributed by atoms with Gasteiger partial charge in [-0.2, -0.15) is 0 Å². The number of rotatable bonds is 3. The average molecular weight is 217 g/mol. The molecule has 84 valence electrons. The number of carbonyl (C=O) groups is 1. The van der Waals surface area contributed by atoms with Crippen molar-refractivity contribution in [3.63, 3.8) is 0 Å². The highest BCUT2D eigenvalue weighted by Crippen LogP contribution is 2.21. The normalized spacial score (nSPS) is 15.5. The Kier molecular flexibility index (Phi) is 3.06. The van der Waals surface area contributed by atoms with Crippen LogP contribution in [-0.2, 0) is 4.79 Å². The van der Waals surface area contributed by atoms with Gasteiger partial charge in [0, 0.05) is 12.6 Å². The van der Waals surface area contributed by atoms with Gasteiger partial charge in [-0.05, 0) is 18.1 Å². The quantitative estimate of drug-likeness (QED) is 0.785. The van der Waals surface area contributed by atoms with Crippen molar-refractivity contribution >= 4 is 11.5 Å². The molecule has 3 heteroatoms. The van der Waals surface area contributed by atoms with Crippen LogP contribution in [-0.4, -0.2) is 30.4 Å². The van der Waals surface area contributed by atoms with E-state index < -0.39 is 0 Å². The van der Waals surface area contributed by atoms with E-state index in [4.69, 9.17) is 0 Å². The molecule has 0 spiro atoms. The summed E-state index contributed by atoms with van der Waals surface area (Å²) in [5.41, 5.74) is 7.27. The van der Waals surface area contributed by atoms with E-state index in [1.165, 1.54) is 5.56 Å². The number of aryl methyl sites for hydroxylation is 1. The summed E-state index contributed by atoms with van der Waals surface area (Å²) in [5, 5.41) is 0. The van der Waals surface area contributed by atoms with Crippen LogP contribution >= 0.6 is 0 Å². The minimum atomic E-state index is 0.110. The Morgan fingerprint density at radius 2 is 2.00 bits per heavy atom. The predicted molar refractivity (Wildman–Crippen MR) is 63.5 cm³/mol. The van der Waals surface area contributed by atoms with E-state index in [1.807, 2.05) is 4.90 Å². The maximum Gasteiger partial charge on any atom is 0.247 e. The van der Waals surface area contributed by atoms with E-state index in [-0.39, 0.29) is 5.91 Å². The summed E-state index contributed by atoms with van der Waals surface area (Å²) in [5.74, 6) is 0.110. The molecule has 0 bridgehead atoms. The molecule has 16 heavy (non-hydrogen) atoms. The molecule has 2 rings (SSSR count). The van der Waals surface area contributed by atoms with E-state index in [0.717, 1.165) is 30.8 Å². The van der Waals surface area contributed by atoms with Gasteiger partial charge in [-0.25, -0.2) is 0 Å². The molecular formula is C13H17N2O+. The van der Waals surface area contributed by atoms with Crippen LogP contribution in [0.2, 0.25) is 0 Å². The monoisotopic (exact) mass is 217 g/mol. The molecule has 1 aromatic rings. The second kappa shape index (κ2) is 4.49. The first kappa shape index (κ1) is 10.9. The standard InChI is InChI=1S/C13H16N2O/c1-10-2-4-11(5-3-10)12-8-13(16)15(9-12)7-6-14/h2-5,8H,6-7,9,14H2,1H3/p+1.